The summed E-state index contributed by atoms with van der Waals surface area (Å²) in [4.78, 5) is 67.3. The smallest absolute Gasteiger partial charge is 0.326 e. The molecule has 0 aromatic carbocycles. The average Bonchev–Trinajstić information content (AvgIpc) is 2.61. The Labute approximate surface area is 165 Å². The van der Waals surface area contributed by atoms with Crippen molar-refractivity contribution >= 4 is 35.7 Å². The van der Waals surface area contributed by atoms with Crippen LogP contribution in [0.5, 0.6) is 0 Å². The Morgan fingerprint density at radius 3 is 1.28 bits per heavy atom. The Morgan fingerprint density at radius 2 is 0.966 bits per heavy atom. The fourth-order valence-electron chi connectivity index (χ4n) is 2.26. The maximum Gasteiger partial charge on any atom is 0.326 e. The first-order valence-corrected chi connectivity index (χ1v) is 8.64. The number of carbonyl (C=O) groups is 6. The molecule has 7 N–H and O–H groups in total. The highest BCUT2D eigenvalue weighted by Crippen LogP contribution is 2.04. The van der Waals surface area contributed by atoms with Crippen LogP contribution in [0.25, 0.3) is 0 Å². The van der Waals surface area contributed by atoms with Gasteiger partial charge in [-0.05, 0) is 26.3 Å². The standard InChI is InChI=1S/C16H25N3O10/c1-17-8(14(24)25)2-5-11(20)18-9(15(26)27)3-6-12(21)19-10(16(28)29)4-7-13(22)23/h8-10,17H,2-7H2,1H3,(H,18,20)(H,19,21)(H,22,23)(H,24,25)(H,26,27)(H,28,29). The van der Waals surface area contributed by atoms with E-state index in [2.05, 4.69) is 16.0 Å². The number of rotatable bonds is 15. The summed E-state index contributed by atoms with van der Waals surface area (Å²) in [5, 5.41) is 42.3. The number of carboxylic acids is 4. The minimum atomic E-state index is -1.44. The molecular formula is C16H25N3O10. The number of carboxylic acid groups (broad SMARTS) is 4. The van der Waals surface area contributed by atoms with Gasteiger partial charge in [-0.25, -0.2) is 9.59 Å². The maximum absolute atomic E-state index is 11.8. The molecule has 13 heteroatoms. The van der Waals surface area contributed by atoms with Crippen molar-refractivity contribution in [2.24, 2.45) is 0 Å². The van der Waals surface area contributed by atoms with Crippen molar-refractivity contribution in [2.75, 3.05) is 7.05 Å². The molecule has 29 heavy (non-hydrogen) atoms. The third kappa shape index (κ3) is 11.3. The number of carbonyl (C=O) groups excluding carboxylic acids is 2. The second-order valence-corrected chi connectivity index (χ2v) is 6.11. The van der Waals surface area contributed by atoms with Crippen LogP contribution in [0, 0.1) is 0 Å². The van der Waals surface area contributed by atoms with Gasteiger partial charge >= 0.3 is 23.9 Å². The molecule has 13 nitrogen and oxygen atoms in total. The molecule has 3 unspecified atom stereocenters. The van der Waals surface area contributed by atoms with E-state index in [0.29, 0.717) is 0 Å². The van der Waals surface area contributed by atoms with Gasteiger partial charge in [0.15, 0.2) is 0 Å². The van der Waals surface area contributed by atoms with Gasteiger partial charge in [-0.15, -0.1) is 0 Å². The Kier molecular flexibility index (Phi) is 11.6. The quantitative estimate of drug-likeness (QED) is 0.157. The van der Waals surface area contributed by atoms with Crippen molar-refractivity contribution in [3.05, 3.63) is 0 Å². The van der Waals surface area contributed by atoms with Gasteiger partial charge in [-0.1, -0.05) is 0 Å². The molecule has 0 saturated heterocycles. The van der Waals surface area contributed by atoms with Crippen LogP contribution in [-0.4, -0.2) is 81.3 Å². The van der Waals surface area contributed by atoms with Crippen LogP contribution >= 0.6 is 0 Å². The zero-order chi connectivity index (χ0) is 22.6. The SMILES string of the molecule is CNC(CCC(=O)NC(CCC(=O)NC(CCC(=O)O)C(=O)O)C(=O)O)C(=O)O. The molecule has 0 aromatic rings. The van der Waals surface area contributed by atoms with Gasteiger partial charge in [-0.2, -0.15) is 0 Å². The molecule has 0 aliphatic heterocycles. The number of likely N-dealkylation sites (N-methyl/N-ethyl adjacent to an activating group) is 1. The van der Waals surface area contributed by atoms with Gasteiger partial charge < -0.3 is 36.4 Å². The molecule has 0 aliphatic rings. The number of amides is 2. The average molecular weight is 419 g/mol. The third-order valence-electron chi connectivity index (χ3n) is 3.88. The summed E-state index contributed by atoms with van der Waals surface area (Å²) < 4.78 is 0. The Balaban J connectivity index is 4.61. The molecule has 0 heterocycles. The van der Waals surface area contributed by atoms with Crippen LogP contribution in [0.15, 0.2) is 0 Å². The van der Waals surface area contributed by atoms with E-state index in [-0.39, 0.29) is 25.7 Å². The molecule has 164 valence electrons. The first-order chi connectivity index (χ1) is 13.5. The van der Waals surface area contributed by atoms with Crippen LogP contribution in [-0.2, 0) is 28.8 Å². The monoisotopic (exact) mass is 419 g/mol. The van der Waals surface area contributed by atoms with Gasteiger partial charge in [-0.3, -0.25) is 19.2 Å². The van der Waals surface area contributed by atoms with E-state index in [1.807, 2.05) is 0 Å². The summed E-state index contributed by atoms with van der Waals surface area (Å²) in [6.45, 7) is 0. The second-order valence-electron chi connectivity index (χ2n) is 6.11. The molecule has 0 aromatic heterocycles. The van der Waals surface area contributed by atoms with E-state index in [4.69, 9.17) is 20.4 Å². The van der Waals surface area contributed by atoms with Crippen LogP contribution in [0.3, 0.4) is 0 Å². The van der Waals surface area contributed by atoms with Gasteiger partial charge in [0.05, 0.1) is 0 Å². The maximum atomic E-state index is 11.8. The topological polar surface area (TPSA) is 219 Å². The molecular weight excluding hydrogens is 394 g/mol. The fourth-order valence-corrected chi connectivity index (χ4v) is 2.26. The largest absolute Gasteiger partial charge is 0.481 e. The fraction of sp³-hybridized carbons (Fsp3) is 0.625. The summed E-state index contributed by atoms with van der Waals surface area (Å²) in [5.41, 5.74) is 0. The second kappa shape index (κ2) is 13.0. The number of nitrogens with one attached hydrogen (secondary N) is 3. The van der Waals surface area contributed by atoms with E-state index < -0.39 is 66.7 Å². The molecule has 0 saturated carbocycles. The van der Waals surface area contributed by atoms with Crippen LogP contribution < -0.4 is 16.0 Å². The van der Waals surface area contributed by atoms with E-state index in [0.717, 1.165) is 0 Å². The molecule has 0 aliphatic carbocycles. The minimum absolute atomic E-state index is 0.0750. The zero-order valence-corrected chi connectivity index (χ0v) is 15.7. The van der Waals surface area contributed by atoms with E-state index in [9.17, 15) is 28.8 Å². The summed E-state index contributed by atoms with van der Waals surface area (Å²) in [6, 6.07) is -3.85. The molecule has 0 rings (SSSR count). The summed E-state index contributed by atoms with van der Waals surface area (Å²) in [6.07, 6.45) is -1.92. The van der Waals surface area contributed by atoms with E-state index in [1.54, 1.807) is 0 Å². The van der Waals surface area contributed by atoms with Crippen LogP contribution in [0.4, 0.5) is 0 Å². The highest BCUT2D eigenvalue weighted by Gasteiger charge is 2.25. The van der Waals surface area contributed by atoms with Crippen molar-refractivity contribution in [3.63, 3.8) is 0 Å². The molecule has 0 radical (unpaired) electrons. The van der Waals surface area contributed by atoms with Crippen LogP contribution in [0.1, 0.15) is 38.5 Å². The molecule has 0 fully saturated rings. The summed E-state index contributed by atoms with van der Waals surface area (Å²) >= 11 is 0. The normalized spacial score (nSPS) is 13.6. The number of hydrogen-bond acceptors (Lipinski definition) is 7. The van der Waals surface area contributed by atoms with E-state index in [1.165, 1.54) is 7.05 Å². The predicted molar refractivity (Wildman–Crippen MR) is 95.0 cm³/mol. The van der Waals surface area contributed by atoms with E-state index >= 15 is 0 Å². The highest BCUT2D eigenvalue weighted by molar-refractivity contribution is 5.86. The Hall–Kier alpha value is -3.22. The lowest BCUT2D eigenvalue weighted by Crippen LogP contribution is -2.44. The third-order valence-corrected chi connectivity index (χ3v) is 3.88. The van der Waals surface area contributed by atoms with Gasteiger partial charge in [0.1, 0.15) is 18.1 Å². The molecule has 0 bridgehead atoms. The molecule has 0 spiro atoms. The van der Waals surface area contributed by atoms with Gasteiger partial charge in [0.25, 0.3) is 0 Å². The lowest BCUT2D eigenvalue weighted by molar-refractivity contribution is -0.144. The molecule has 2 amide bonds. The zero-order valence-electron chi connectivity index (χ0n) is 15.7. The lowest BCUT2D eigenvalue weighted by Gasteiger charge is -2.17. The Morgan fingerprint density at radius 1 is 0.621 bits per heavy atom. The minimum Gasteiger partial charge on any atom is -0.481 e. The predicted octanol–water partition coefficient (Wildman–Crippen LogP) is -1.78. The number of hydrogen-bond donors (Lipinski definition) is 7. The van der Waals surface area contributed by atoms with Crippen molar-refractivity contribution in [2.45, 2.75) is 56.7 Å². The number of aliphatic carboxylic acids is 4. The van der Waals surface area contributed by atoms with Crippen molar-refractivity contribution in [1.82, 2.24) is 16.0 Å². The van der Waals surface area contributed by atoms with Gasteiger partial charge in [0.2, 0.25) is 11.8 Å². The highest BCUT2D eigenvalue weighted by atomic mass is 16.4. The Bertz CT molecular complexity index is 636. The van der Waals surface area contributed by atoms with Crippen LogP contribution in [0.2, 0.25) is 0 Å². The van der Waals surface area contributed by atoms with Crippen molar-refractivity contribution in [1.29, 1.82) is 0 Å². The van der Waals surface area contributed by atoms with Crippen molar-refractivity contribution in [3.8, 4) is 0 Å². The summed E-state index contributed by atoms with van der Waals surface area (Å²) in [7, 11) is 1.40. The first-order valence-electron chi connectivity index (χ1n) is 8.64. The summed E-state index contributed by atoms with van der Waals surface area (Å²) in [5.74, 6) is -6.78. The first kappa shape index (κ1) is 25.8. The molecule has 3 atom stereocenters. The van der Waals surface area contributed by atoms with Gasteiger partial charge in [0, 0.05) is 19.3 Å². The lowest BCUT2D eigenvalue weighted by atomic mass is 10.1. The van der Waals surface area contributed by atoms with Crippen molar-refractivity contribution < 1.29 is 49.2 Å².